The number of anilines is 1. The number of carbonyl (C=O) groups excluding carboxylic acids is 2. The quantitative estimate of drug-likeness (QED) is 0.188. The molecule has 1 aliphatic heterocycles. The van der Waals surface area contributed by atoms with E-state index in [1.165, 1.54) is 36.4 Å². The lowest BCUT2D eigenvalue weighted by Crippen LogP contribution is -2.29. The molecule has 38 heavy (non-hydrogen) atoms. The molecule has 1 aliphatic rings. The molecule has 1 saturated heterocycles. The van der Waals surface area contributed by atoms with E-state index >= 15 is 0 Å². The van der Waals surface area contributed by atoms with E-state index < -0.39 is 23.5 Å². The van der Waals surface area contributed by atoms with Gasteiger partial charge in [-0.25, -0.2) is 0 Å². The SMILES string of the molecule is CCOc1cc(C2/C(=C(\O)c3ccc(OCC(C)C)cc3)C(=O)C(=O)N2c2cc(Cl)ccc2O)ccc1O. The molecule has 9 heteroatoms. The Morgan fingerprint density at radius 1 is 0.974 bits per heavy atom. The van der Waals surface area contributed by atoms with Crippen LogP contribution in [-0.2, 0) is 9.59 Å². The molecule has 0 spiro atoms. The van der Waals surface area contributed by atoms with Gasteiger partial charge in [0.2, 0.25) is 0 Å². The fourth-order valence-electron chi connectivity index (χ4n) is 4.19. The molecule has 0 saturated carbocycles. The first-order chi connectivity index (χ1) is 18.1. The Morgan fingerprint density at radius 3 is 2.32 bits per heavy atom. The summed E-state index contributed by atoms with van der Waals surface area (Å²) in [6.45, 7) is 6.57. The second kappa shape index (κ2) is 11.1. The van der Waals surface area contributed by atoms with Crippen LogP contribution in [0.25, 0.3) is 5.76 Å². The molecule has 3 aromatic carbocycles. The summed E-state index contributed by atoms with van der Waals surface area (Å²) >= 11 is 6.15. The van der Waals surface area contributed by atoms with Crippen molar-refractivity contribution in [2.75, 3.05) is 18.1 Å². The lowest BCUT2D eigenvalue weighted by Gasteiger charge is -2.26. The number of aliphatic hydroxyl groups excluding tert-OH is 1. The number of phenolic OH excluding ortho intramolecular Hbond substituents is 2. The van der Waals surface area contributed by atoms with Crippen LogP contribution >= 0.6 is 11.6 Å². The zero-order valence-electron chi connectivity index (χ0n) is 21.1. The number of nitrogens with zero attached hydrogens (tertiary/aromatic N) is 1. The fraction of sp³-hybridized carbons (Fsp3) is 0.241. The van der Waals surface area contributed by atoms with Gasteiger partial charge in [-0.2, -0.15) is 0 Å². The molecule has 0 aromatic heterocycles. The molecule has 1 amide bonds. The van der Waals surface area contributed by atoms with Gasteiger partial charge >= 0.3 is 0 Å². The van der Waals surface area contributed by atoms with Crippen LogP contribution in [-0.4, -0.2) is 40.2 Å². The first-order valence-electron chi connectivity index (χ1n) is 12.1. The Kier molecular flexibility index (Phi) is 7.83. The Balaban J connectivity index is 1.89. The zero-order valence-corrected chi connectivity index (χ0v) is 21.9. The third kappa shape index (κ3) is 5.26. The van der Waals surface area contributed by atoms with Gasteiger partial charge in [0.25, 0.3) is 11.7 Å². The minimum absolute atomic E-state index is 0.00730. The number of hydrogen-bond donors (Lipinski definition) is 3. The van der Waals surface area contributed by atoms with Crippen molar-refractivity contribution in [3.8, 4) is 23.0 Å². The number of phenols is 2. The van der Waals surface area contributed by atoms with Crippen molar-refractivity contribution in [2.24, 2.45) is 5.92 Å². The molecular formula is C29H28ClNO7. The van der Waals surface area contributed by atoms with E-state index in [0.29, 0.717) is 29.4 Å². The highest BCUT2D eigenvalue weighted by molar-refractivity contribution is 6.52. The van der Waals surface area contributed by atoms with E-state index in [0.717, 1.165) is 4.90 Å². The number of amides is 1. The minimum atomic E-state index is -1.16. The van der Waals surface area contributed by atoms with Gasteiger partial charge in [0.1, 0.15) is 17.3 Å². The second-order valence-corrected chi connectivity index (χ2v) is 9.63. The van der Waals surface area contributed by atoms with Gasteiger partial charge in [-0.15, -0.1) is 0 Å². The number of halogens is 1. The van der Waals surface area contributed by atoms with E-state index in [4.69, 9.17) is 21.1 Å². The number of rotatable bonds is 8. The number of ether oxygens (including phenoxy) is 2. The molecule has 0 aliphatic carbocycles. The van der Waals surface area contributed by atoms with Crippen molar-refractivity contribution in [3.05, 3.63) is 82.4 Å². The molecule has 198 valence electrons. The predicted octanol–water partition coefficient (Wildman–Crippen LogP) is 5.81. The van der Waals surface area contributed by atoms with Gasteiger partial charge < -0.3 is 24.8 Å². The van der Waals surface area contributed by atoms with Crippen LogP contribution in [0, 0.1) is 5.92 Å². The third-order valence-electron chi connectivity index (χ3n) is 5.95. The van der Waals surface area contributed by atoms with Gasteiger partial charge in [-0.3, -0.25) is 14.5 Å². The topological polar surface area (TPSA) is 117 Å². The highest BCUT2D eigenvalue weighted by Crippen LogP contribution is 2.46. The summed E-state index contributed by atoms with van der Waals surface area (Å²) in [7, 11) is 0. The Labute approximate surface area is 225 Å². The van der Waals surface area contributed by atoms with E-state index in [9.17, 15) is 24.9 Å². The minimum Gasteiger partial charge on any atom is -0.507 e. The average Bonchev–Trinajstić information content (AvgIpc) is 3.15. The molecule has 1 atom stereocenters. The van der Waals surface area contributed by atoms with Crippen molar-refractivity contribution in [1.82, 2.24) is 0 Å². The second-order valence-electron chi connectivity index (χ2n) is 9.19. The highest BCUT2D eigenvalue weighted by Gasteiger charge is 2.48. The van der Waals surface area contributed by atoms with Crippen molar-refractivity contribution in [2.45, 2.75) is 26.8 Å². The van der Waals surface area contributed by atoms with E-state index in [1.54, 1.807) is 31.2 Å². The molecule has 0 radical (unpaired) electrons. The van der Waals surface area contributed by atoms with Gasteiger partial charge in [-0.1, -0.05) is 31.5 Å². The predicted molar refractivity (Wildman–Crippen MR) is 144 cm³/mol. The summed E-state index contributed by atoms with van der Waals surface area (Å²) in [5, 5.41) is 32.4. The molecule has 8 nitrogen and oxygen atoms in total. The number of benzene rings is 3. The van der Waals surface area contributed by atoms with Crippen LogP contribution in [0.4, 0.5) is 5.69 Å². The summed E-state index contributed by atoms with van der Waals surface area (Å²) in [4.78, 5) is 27.8. The molecule has 4 rings (SSSR count). The van der Waals surface area contributed by atoms with Crippen molar-refractivity contribution >= 4 is 34.7 Å². The lowest BCUT2D eigenvalue weighted by atomic mass is 9.94. The van der Waals surface area contributed by atoms with Crippen molar-refractivity contribution in [3.63, 3.8) is 0 Å². The number of aliphatic hydroxyl groups is 1. The number of hydrogen-bond acceptors (Lipinski definition) is 7. The van der Waals surface area contributed by atoms with Gasteiger partial charge in [0.15, 0.2) is 11.5 Å². The van der Waals surface area contributed by atoms with Crippen molar-refractivity contribution in [1.29, 1.82) is 0 Å². The smallest absolute Gasteiger partial charge is 0.300 e. The molecule has 3 N–H and O–H groups in total. The number of aromatic hydroxyl groups is 2. The molecule has 3 aromatic rings. The third-order valence-corrected chi connectivity index (χ3v) is 6.19. The maximum atomic E-state index is 13.4. The average molecular weight is 538 g/mol. The van der Waals surface area contributed by atoms with Crippen LogP contribution in [0.2, 0.25) is 5.02 Å². The highest BCUT2D eigenvalue weighted by atomic mass is 35.5. The normalized spacial score (nSPS) is 16.8. The lowest BCUT2D eigenvalue weighted by molar-refractivity contribution is -0.132. The van der Waals surface area contributed by atoms with Gasteiger partial charge in [-0.05, 0) is 73.0 Å². The molecular weight excluding hydrogens is 510 g/mol. The van der Waals surface area contributed by atoms with Crippen molar-refractivity contribution < 1.29 is 34.4 Å². The largest absolute Gasteiger partial charge is 0.507 e. The van der Waals surface area contributed by atoms with Crippen LogP contribution in [0.1, 0.15) is 37.9 Å². The van der Waals surface area contributed by atoms with E-state index in [1.807, 2.05) is 13.8 Å². The van der Waals surface area contributed by atoms with Gasteiger partial charge in [0, 0.05) is 10.6 Å². The Hall–Kier alpha value is -4.17. The number of carbonyl (C=O) groups is 2. The molecule has 1 fully saturated rings. The first kappa shape index (κ1) is 26.9. The summed E-state index contributed by atoms with van der Waals surface area (Å²) in [6, 6.07) is 13.9. The van der Waals surface area contributed by atoms with Crippen LogP contribution in [0.15, 0.2) is 66.2 Å². The van der Waals surface area contributed by atoms with Crippen LogP contribution < -0.4 is 14.4 Å². The fourth-order valence-corrected chi connectivity index (χ4v) is 4.35. The number of ketones is 1. The molecule has 0 bridgehead atoms. The zero-order chi connectivity index (χ0) is 27.6. The molecule has 1 unspecified atom stereocenters. The monoisotopic (exact) mass is 537 g/mol. The summed E-state index contributed by atoms with van der Waals surface area (Å²) in [6.07, 6.45) is 0. The first-order valence-corrected chi connectivity index (χ1v) is 12.5. The van der Waals surface area contributed by atoms with Crippen LogP contribution in [0.3, 0.4) is 0 Å². The van der Waals surface area contributed by atoms with Crippen LogP contribution in [0.5, 0.6) is 23.0 Å². The molecule has 1 heterocycles. The number of Topliss-reactive ketones (excluding diaryl/α,β-unsaturated/α-hetero) is 1. The Morgan fingerprint density at radius 2 is 1.66 bits per heavy atom. The summed E-state index contributed by atoms with van der Waals surface area (Å²) < 4.78 is 11.2. The standard InChI is InChI=1S/C29H28ClNO7/c1-4-37-24-13-18(7-11-23(24)33)26-25(27(34)17-5-9-20(10-6-17)38-15-16(2)3)28(35)29(36)31(26)21-14-19(30)8-12-22(21)32/h5-14,16,26,32-34H,4,15H2,1-3H3/b27-25+. The maximum Gasteiger partial charge on any atom is 0.300 e. The van der Waals surface area contributed by atoms with Gasteiger partial charge in [0.05, 0.1) is 30.5 Å². The van der Waals surface area contributed by atoms with E-state index in [2.05, 4.69) is 0 Å². The Bertz CT molecular complexity index is 1400. The van der Waals surface area contributed by atoms with E-state index in [-0.39, 0.29) is 40.1 Å². The summed E-state index contributed by atoms with van der Waals surface area (Å²) in [5.74, 6) is -1.66. The summed E-state index contributed by atoms with van der Waals surface area (Å²) in [5.41, 5.74) is 0.456. The maximum absolute atomic E-state index is 13.4.